The lowest BCUT2D eigenvalue weighted by Gasteiger charge is -2.22. The fourth-order valence-electron chi connectivity index (χ4n) is 6.01. The first-order chi connectivity index (χ1) is 23.3. The molecule has 48 heavy (non-hydrogen) atoms. The maximum absolute atomic E-state index is 13.2. The molecule has 0 spiro atoms. The molecule has 0 aliphatic heterocycles. The van der Waals surface area contributed by atoms with Crippen molar-refractivity contribution in [1.82, 2.24) is 0 Å². The van der Waals surface area contributed by atoms with E-state index in [-0.39, 0.29) is 48.7 Å². The third-order valence-electron chi connectivity index (χ3n) is 8.54. The number of ether oxygens (including phenoxy) is 4. The van der Waals surface area contributed by atoms with Crippen molar-refractivity contribution in [1.29, 1.82) is 0 Å². The van der Waals surface area contributed by atoms with Gasteiger partial charge in [0, 0.05) is 68.1 Å². The Labute approximate surface area is 280 Å². The molecular formula is C40H44O8. The second-order valence-electron chi connectivity index (χ2n) is 12.2. The normalized spacial score (nSPS) is 11.4. The van der Waals surface area contributed by atoms with Crippen LogP contribution in [0.3, 0.4) is 0 Å². The zero-order valence-corrected chi connectivity index (χ0v) is 28.4. The van der Waals surface area contributed by atoms with Gasteiger partial charge in [0.2, 0.25) is 0 Å². The molecule has 4 aromatic carbocycles. The highest BCUT2D eigenvalue weighted by Crippen LogP contribution is 2.47. The molecule has 0 radical (unpaired) electrons. The number of fused-ring (bicyclic) bond motifs is 4. The Kier molecular flexibility index (Phi) is 11.5. The van der Waals surface area contributed by atoms with Crippen LogP contribution in [0.15, 0.2) is 48.5 Å². The zero-order valence-electron chi connectivity index (χ0n) is 28.4. The van der Waals surface area contributed by atoms with Gasteiger partial charge >= 0.3 is 23.9 Å². The number of hydrogen-bond donors (Lipinski definition) is 0. The SMILES string of the molecule is CCCCC(=O)Oc1c2c(c(OC(=O)CCCC)c3ccccc13)=c1c(OC(=O)CCCC)c3ccccc3c(OC(=O)CCCC)c1=2. The molecule has 0 bridgehead atoms. The van der Waals surface area contributed by atoms with Crippen LogP contribution in [0.1, 0.15) is 105 Å². The number of unbranched alkanes of at least 4 members (excludes halogenated alkanes) is 4. The zero-order chi connectivity index (χ0) is 34.2. The Morgan fingerprint density at radius 1 is 0.396 bits per heavy atom. The third-order valence-corrected chi connectivity index (χ3v) is 8.54. The summed E-state index contributed by atoms with van der Waals surface area (Å²) in [6, 6.07) is 14.6. The molecule has 0 saturated carbocycles. The lowest BCUT2D eigenvalue weighted by Crippen LogP contribution is -2.16. The summed E-state index contributed by atoms with van der Waals surface area (Å²) in [6.07, 6.45) is 6.79. The van der Waals surface area contributed by atoms with Crippen molar-refractivity contribution in [2.45, 2.75) is 105 Å². The monoisotopic (exact) mass is 652 g/mol. The van der Waals surface area contributed by atoms with Crippen LogP contribution < -0.4 is 18.9 Å². The summed E-state index contributed by atoms with van der Waals surface area (Å²) in [5, 5.41) is 4.18. The molecule has 0 unspecified atom stereocenters. The van der Waals surface area contributed by atoms with Crippen molar-refractivity contribution in [2.75, 3.05) is 0 Å². The molecule has 5 rings (SSSR count). The van der Waals surface area contributed by atoms with E-state index in [4.69, 9.17) is 18.9 Å². The predicted molar refractivity (Wildman–Crippen MR) is 184 cm³/mol. The molecule has 1 aliphatic carbocycles. The van der Waals surface area contributed by atoms with Gasteiger partial charge in [-0.25, -0.2) is 0 Å². The van der Waals surface area contributed by atoms with E-state index < -0.39 is 23.9 Å². The molecule has 4 aromatic rings. The number of rotatable bonds is 16. The standard InChI is InChI=1S/C40H44O8/c1-5-9-21-29(41)45-37-25-17-13-14-18-26(25)38(46-30(42)22-10-6-2)34-33(37)35-36(34)40(48-32(44)24-12-8-4)28-20-16-15-19-27(28)39(35)47-31(43)23-11-7-3/h13-20H,5-12,21-24H2,1-4H3. The molecule has 0 amide bonds. The van der Waals surface area contributed by atoms with Crippen LogP contribution in [0.4, 0.5) is 0 Å². The van der Waals surface area contributed by atoms with Crippen LogP contribution >= 0.6 is 0 Å². The first-order valence-electron chi connectivity index (χ1n) is 17.3. The van der Waals surface area contributed by atoms with E-state index in [0.717, 1.165) is 25.7 Å². The summed E-state index contributed by atoms with van der Waals surface area (Å²) in [5.41, 5.74) is 0. The summed E-state index contributed by atoms with van der Waals surface area (Å²) < 4.78 is 24.6. The Hall–Kier alpha value is -4.72. The first kappa shape index (κ1) is 34.6. The van der Waals surface area contributed by atoms with Crippen LogP contribution in [0.5, 0.6) is 23.0 Å². The van der Waals surface area contributed by atoms with Crippen molar-refractivity contribution < 1.29 is 38.1 Å². The Bertz CT molecular complexity index is 1750. The van der Waals surface area contributed by atoms with Crippen LogP contribution in [0, 0.1) is 20.9 Å². The number of benzene rings is 4. The van der Waals surface area contributed by atoms with Crippen molar-refractivity contribution >= 4 is 45.4 Å². The molecule has 0 heterocycles. The van der Waals surface area contributed by atoms with Gasteiger partial charge in [-0.15, -0.1) is 0 Å². The summed E-state index contributed by atoms with van der Waals surface area (Å²) in [4.78, 5) is 53.0. The largest absolute Gasteiger partial charge is 0.425 e. The van der Waals surface area contributed by atoms with Crippen LogP contribution in [0.2, 0.25) is 0 Å². The number of carbonyl (C=O) groups is 4. The van der Waals surface area contributed by atoms with E-state index in [1.165, 1.54) is 0 Å². The summed E-state index contributed by atoms with van der Waals surface area (Å²) in [6.45, 7) is 8.00. The van der Waals surface area contributed by atoms with E-state index in [1.807, 2.05) is 76.2 Å². The quantitative estimate of drug-likeness (QED) is 0.0767. The van der Waals surface area contributed by atoms with Crippen LogP contribution in [-0.2, 0) is 19.2 Å². The van der Waals surface area contributed by atoms with E-state index in [9.17, 15) is 19.2 Å². The Morgan fingerprint density at radius 3 is 0.792 bits per heavy atom. The average Bonchev–Trinajstić information content (AvgIpc) is 3.08. The highest BCUT2D eigenvalue weighted by molar-refractivity contribution is 6.01. The highest BCUT2D eigenvalue weighted by atomic mass is 16.6. The minimum Gasteiger partial charge on any atom is -0.425 e. The predicted octanol–water partition coefficient (Wildman–Crippen LogP) is 9.26. The van der Waals surface area contributed by atoms with Crippen LogP contribution in [0.25, 0.3) is 21.5 Å². The lowest BCUT2D eigenvalue weighted by molar-refractivity contribution is -0.135. The first-order valence-corrected chi connectivity index (χ1v) is 17.3. The third kappa shape index (κ3) is 7.08. The molecule has 8 heteroatoms. The van der Waals surface area contributed by atoms with Gasteiger partial charge in [-0.1, -0.05) is 102 Å². The van der Waals surface area contributed by atoms with Gasteiger partial charge in [-0.2, -0.15) is 0 Å². The second-order valence-corrected chi connectivity index (χ2v) is 12.2. The Balaban J connectivity index is 1.95. The number of esters is 4. The number of hydrogen-bond acceptors (Lipinski definition) is 8. The van der Waals surface area contributed by atoms with Gasteiger partial charge in [-0.05, 0) is 25.7 Å². The van der Waals surface area contributed by atoms with E-state index in [2.05, 4.69) is 0 Å². The molecule has 0 aromatic heterocycles. The molecule has 1 aliphatic rings. The van der Waals surface area contributed by atoms with Crippen LogP contribution in [-0.4, -0.2) is 23.9 Å². The van der Waals surface area contributed by atoms with Gasteiger partial charge < -0.3 is 18.9 Å². The summed E-state index contributed by atoms with van der Waals surface area (Å²) in [7, 11) is 0. The summed E-state index contributed by atoms with van der Waals surface area (Å²) in [5.74, 6) is -0.479. The van der Waals surface area contributed by atoms with E-state index >= 15 is 0 Å². The fraction of sp³-hybridized carbons (Fsp3) is 0.400. The van der Waals surface area contributed by atoms with Crippen molar-refractivity contribution in [3.63, 3.8) is 0 Å². The molecule has 8 nitrogen and oxygen atoms in total. The molecular weight excluding hydrogens is 608 g/mol. The maximum Gasteiger partial charge on any atom is 0.311 e. The highest BCUT2D eigenvalue weighted by Gasteiger charge is 2.29. The smallest absolute Gasteiger partial charge is 0.311 e. The van der Waals surface area contributed by atoms with E-state index in [0.29, 0.717) is 68.1 Å². The van der Waals surface area contributed by atoms with Gasteiger partial charge in [0.05, 0.1) is 0 Å². The molecule has 0 fully saturated rings. The van der Waals surface area contributed by atoms with E-state index in [1.54, 1.807) is 0 Å². The molecule has 0 saturated heterocycles. The number of carbonyl (C=O) groups excluding carboxylic acids is 4. The average molecular weight is 653 g/mol. The lowest BCUT2D eigenvalue weighted by atomic mass is 9.91. The minimum atomic E-state index is -0.404. The molecule has 252 valence electrons. The minimum absolute atomic E-state index is 0.219. The molecule has 0 atom stereocenters. The van der Waals surface area contributed by atoms with Gasteiger partial charge in [0.15, 0.2) is 0 Å². The van der Waals surface area contributed by atoms with Crippen molar-refractivity contribution in [3.05, 3.63) is 69.4 Å². The molecule has 0 N–H and O–H groups in total. The Morgan fingerprint density at radius 2 is 0.604 bits per heavy atom. The topological polar surface area (TPSA) is 105 Å². The maximum atomic E-state index is 13.2. The van der Waals surface area contributed by atoms with Gasteiger partial charge in [0.25, 0.3) is 0 Å². The summed E-state index contributed by atoms with van der Waals surface area (Å²) >= 11 is 0. The van der Waals surface area contributed by atoms with Crippen molar-refractivity contribution in [2.24, 2.45) is 0 Å². The van der Waals surface area contributed by atoms with Crippen molar-refractivity contribution in [3.8, 4) is 23.0 Å². The van der Waals surface area contributed by atoms with Gasteiger partial charge in [0.1, 0.15) is 23.0 Å². The van der Waals surface area contributed by atoms with Gasteiger partial charge in [-0.3, -0.25) is 19.2 Å². The second kappa shape index (κ2) is 15.9. The fourth-order valence-corrected chi connectivity index (χ4v) is 6.01.